The third-order valence-electron chi connectivity index (χ3n) is 3.75. The lowest BCUT2D eigenvalue weighted by molar-refractivity contribution is -0.0513. The van der Waals surface area contributed by atoms with Gasteiger partial charge < -0.3 is 5.32 Å². The van der Waals surface area contributed by atoms with Crippen molar-refractivity contribution in [1.29, 1.82) is 0 Å². The number of hydrogen-bond acceptors (Lipinski definition) is 1. The first-order valence-electron chi connectivity index (χ1n) is 6.68. The molecular weight excluding hydrogens is 232 g/mol. The lowest BCUT2D eigenvalue weighted by atomic mass is 9.94. The van der Waals surface area contributed by atoms with Gasteiger partial charge in [-0.1, -0.05) is 38.1 Å². The maximum absolute atomic E-state index is 13.8. The van der Waals surface area contributed by atoms with Gasteiger partial charge in [0.1, 0.15) is 0 Å². The molecule has 1 fully saturated rings. The Bertz CT molecular complexity index is 378. The van der Waals surface area contributed by atoms with Crippen LogP contribution >= 0.6 is 0 Å². The van der Waals surface area contributed by atoms with Crippen molar-refractivity contribution >= 4 is 0 Å². The van der Waals surface area contributed by atoms with E-state index in [9.17, 15) is 8.78 Å². The quantitative estimate of drug-likeness (QED) is 0.864. The standard InChI is InChI=1S/C15H21F2N/c1-11(2)15(16,17)14-5-3-12(4-6-14)9-13-7-8-18-10-13/h3-6,11,13,18H,7-10H2,1-2H3. The van der Waals surface area contributed by atoms with Crippen LogP contribution in [0.5, 0.6) is 0 Å². The molecule has 100 valence electrons. The number of benzene rings is 1. The molecule has 1 atom stereocenters. The van der Waals surface area contributed by atoms with Crippen molar-refractivity contribution in [2.75, 3.05) is 13.1 Å². The molecule has 0 aromatic heterocycles. The van der Waals surface area contributed by atoms with Gasteiger partial charge in [-0.05, 0) is 37.4 Å². The average Bonchev–Trinajstić information content (AvgIpc) is 2.82. The van der Waals surface area contributed by atoms with E-state index in [4.69, 9.17) is 0 Å². The van der Waals surface area contributed by atoms with Gasteiger partial charge >= 0.3 is 0 Å². The molecule has 1 aromatic carbocycles. The Balaban J connectivity index is 2.05. The molecule has 2 rings (SSSR count). The predicted octanol–water partition coefficient (Wildman–Crippen LogP) is 3.59. The van der Waals surface area contributed by atoms with Crippen LogP contribution in [0.1, 0.15) is 31.4 Å². The van der Waals surface area contributed by atoms with Gasteiger partial charge in [-0.25, -0.2) is 8.78 Å². The summed E-state index contributed by atoms with van der Waals surface area (Å²) in [6.45, 7) is 5.23. The zero-order valence-electron chi connectivity index (χ0n) is 11.0. The molecule has 0 amide bonds. The zero-order valence-corrected chi connectivity index (χ0v) is 11.0. The summed E-state index contributed by atoms with van der Waals surface area (Å²) in [5.74, 6) is -2.74. The fourth-order valence-corrected chi connectivity index (χ4v) is 2.42. The first-order chi connectivity index (χ1) is 8.50. The maximum atomic E-state index is 13.8. The highest BCUT2D eigenvalue weighted by Gasteiger charge is 2.35. The van der Waals surface area contributed by atoms with Gasteiger partial charge in [0.2, 0.25) is 0 Å². The molecule has 1 saturated heterocycles. The average molecular weight is 253 g/mol. The van der Waals surface area contributed by atoms with E-state index in [-0.39, 0.29) is 5.56 Å². The molecule has 1 N–H and O–H groups in total. The van der Waals surface area contributed by atoms with Crippen molar-refractivity contribution in [3.05, 3.63) is 35.4 Å². The molecule has 1 unspecified atom stereocenters. The molecule has 0 bridgehead atoms. The largest absolute Gasteiger partial charge is 0.316 e. The van der Waals surface area contributed by atoms with Crippen molar-refractivity contribution in [2.24, 2.45) is 11.8 Å². The summed E-state index contributed by atoms with van der Waals surface area (Å²) >= 11 is 0. The summed E-state index contributed by atoms with van der Waals surface area (Å²) in [6.07, 6.45) is 2.17. The zero-order chi connectivity index (χ0) is 13.2. The van der Waals surface area contributed by atoms with E-state index in [0.717, 1.165) is 25.1 Å². The van der Waals surface area contributed by atoms with E-state index in [2.05, 4.69) is 5.32 Å². The topological polar surface area (TPSA) is 12.0 Å². The van der Waals surface area contributed by atoms with Crippen molar-refractivity contribution < 1.29 is 8.78 Å². The SMILES string of the molecule is CC(C)C(F)(F)c1ccc(CC2CCNC2)cc1. The highest BCUT2D eigenvalue weighted by Crippen LogP contribution is 2.35. The van der Waals surface area contributed by atoms with Crippen molar-refractivity contribution in [3.63, 3.8) is 0 Å². The molecule has 0 saturated carbocycles. The number of rotatable bonds is 4. The van der Waals surface area contributed by atoms with Gasteiger partial charge in [-0.2, -0.15) is 0 Å². The van der Waals surface area contributed by atoms with Gasteiger partial charge in [0.25, 0.3) is 5.92 Å². The summed E-state index contributed by atoms with van der Waals surface area (Å²) < 4.78 is 27.6. The number of halogens is 2. The number of hydrogen-bond donors (Lipinski definition) is 1. The lowest BCUT2D eigenvalue weighted by Gasteiger charge is -2.21. The van der Waals surface area contributed by atoms with Gasteiger partial charge in [0, 0.05) is 11.5 Å². The molecule has 18 heavy (non-hydrogen) atoms. The second kappa shape index (κ2) is 5.35. The van der Waals surface area contributed by atoms with E-state index >= 15 is 0 Å². The first kappa shape index (κ1) is 13.5. The molecule has 1 aliphatic rings. The third kappa shape index (κ3) is 2.89. The molecular formula is C15H21F2N. The second-order valence-electron chi connectivity index (χ2n) is 5.54. The molecule has 0 spiro atoms. The van der Waals surface area contributed by atoms with Crippen LogP contribution in [-0.4, -0.2) is 13.1 Å². The Morgan fingerprint density at radius 1 is 1.28 bits per heavy atom. The van der Waals surface area contributed by atoms with Crippen LogP contribution in [0.25, 0.3) is 0 Å². The minimum Gasteiger partial charge on any atom is -0.316 e. The van der Waals surface area contributed by atoms with Crippen molar-refractivity contribution in [3.8, 4) is 0 Å². The molecule has 3 heteroatoms. The Morgan fingerprint density at radius 2 is 1.94 bits per heavy atom. The van der Waals surface area contributed by atoms with Crippen molar-refractivity contribution in [1.82, 2.24) is 5.32 Å². The number of nitrogens with one attached hydrogen (secondary N) is 1. The Kier molecular flexibility index (Phi) is 4.00. The van der Waals surface area contributed by atoms with E-state index in [1.807, 2.05) is 12.1 Å². The van der Waals surface area contributed by atoms with E-state index in [1.54, 1.807) is 26.0 Å². The normalized spacial score (nSPS) is 20.6. The smallest absolute Gasteiger partial charge is 0.275 e. The Labute approximate surface area is 108 Å². The second-order valence-corrected chi connectivity index (χ2v) is 5.54. The number of alkyl halides is 2. The first-order valence-corrected chi connectivity index (χ1v) is 6.68. The van der Waals surface area contributed by atoms with Crippen LogP contribution in [0.15, 0.2) is 24.3 Å². The van der Waals surface area contributed by atoms with Crippen molar-refractivity contribution in [2.45, 2.75) is 32.6 Å². The molecule has 0 radical (unpaired) electrons. The highest BCUT2D eigenvalue weighted by atomic mass is 19.3. The van der Waals surface area contributed by atoms with Gasteiger partial charge in [0.15, 0.2) is 0 Å². The molecule has 1 heterocycles. The van der Waals surface area contributed by atoms with Gasteiger partial charge in [-0.3, -0.25) is 0 Å². The highest BCUT2D eigenvalue weighted by molar-refractivity contribution is 5.26. The van der Waals surface area contributed by atoms with E-state index in [1.165, 1.54) is 6.42 Å². The molecule has 1 aromatic rings. The summed E-state index contributed by atoms with van der Waals surface area (Å²) in [7, 11) is 0. The van der Waals surface area contributed by atoms with Gasteiger partial charge in [0.05, 0.1) is 0 Å². The summed E-state index contributed by atoms with van der Waals surface area (Å²) in [4.78, 5) is 0. The lowest BCUT2D eigenvalue weighted by Crippen LogP contribution is -2.20. The van der Waals surface area contributed by atoms with Crippen LogP contribution in [-0.2, 0) is 12.3 Å². The Hall–Kier alpha value is -0.960. The van der Waals surface area contributed by atoms with E-state index in [0.29, 0.717) is 5.92 Å². The Morgan fingerprint density at radius 3 is 2.44 bits per heavy atom. The molecule has 1 aliphatic heterocycles. The summed E-state index contributed by atoms with van der Waals surface area (Å²) in [5, 5.41) is 3.32. The fourth-order valence-electron chi connectivity index (χ4n) is 2.42. The molecule has 0 aliphatic carbocycles. The summed E-state index contributed by atoms with van der Waals surface area (Å²) in [6, 6.07) is 6.86. The predicted molar refractivity (Wildman–Crippen MR) is 69.9 cm³/mol. The summed E-state index contributed by atoms with van der Waals surface area (Å²) in [5.41, 5.74) is 1.29. The molecule has 1 nitrogen and oxygen atoms in total. The third-order valence-corrected chi connectivity index (χ3v) is 3.75. The van der Waals surface area contributed by atoms with Crippen LogP contribution < -0.4 is 5.32 Å². The minimum atomic E-state index is -2.73. The van der Waals surface area contributed by atoms with Gasteiger partial charge in [-0.15, -0.1) is 0 Å². The monoisotopic (exact) mass is 253 g/mol. The fraction of sp³-hybridized carbons (Fsp3) is 0.600. The minimum absolute atomic E-state index is 0.130. The van der Waals surface area contributed by atoms with Crippen LogP contribution in [0.4, 0.5) is 8.78 Å². The van der Waals surface area contributed by atoms with Crippen LogP contribution in [0.3, 0.4) is 0 Å². The van der Waals surface area contributed by atoms with E-state index < -0.39 is 11.8 Å². The van der Waals surface area contributed by atoms with Crippen LogP contribution in [0.2, 0.25) is 0 Å². The maximum Gasteiger partial charge on any atom is 0.275 e. The van der Waals surface area contributed by atoms with Crippen LogP contribution in [0, 0.1) is 11.8 Å².